The van der Waals surface area contributed by atoms with Gasteiger partial charge in [-0.15, -0.1) is 0 Å². The number of hydrogen-bond donors (Lipinski definition) is 1. The highest BCUT2D eigenvalue weighted by Gasteiger charge is 2.54. The van der Waals surface area contributed by atoms with Gasteiger partial charge in [-0.05, 0) is 24.8 Å². The van der Waals surface area contributed by atoms with Crippen molar-refractivity contribution in [3.05, 3.63) is 47.2 Å². The van der Waals surface area contributed by atoms with Crippen LogP contribution < -0.4 is 0 Å². The zero-order valence-electron chi connectivity index (χ0n) is 14.2. The van der Waals surface area contributed by atoms with E-state index in [1.165, 1.54) is 4.90 Å². The molecule has 1 amide bonds. The molecule has 8 heteroatoms. The summed E-state index contributed by atoms with van der Waals surface area (Å²) in [7, 11) is 1.13. The topological polar surface area (TPSA) is 102 Å². The molecule has 2 atom stereocenters. The number of aliphatic carboxylic acids is 1. The Kier molecular flexibility index (Phi) is 5.11. The number of carbonyl (C=O) groups is 3. The summed E-state index contributed by atoms with van der Waals surface area (Å²) >= 11 is 0. The minimum absolute atomic E-state index is 0.00275. The van der Waals surface area contributed by atoms with E-state index >= 15 is 0 Å². The summed E-state index contributed by atoms with van der Waals surface area (Å²) in [5, 5.41) is 9.59. The summed E-state index contributed by atoms with van der Waals surface area (Å²) in [5.41, 5.74) is 1.09. The van der Waals surface area contributed by atoms with Crippen LogP contribution in [0, 0.1) is 0 Å². The van der Waals surface area contributed by atoms with Crippen LogP contribution in [0.3, 0.4) is 0 Å². The van der Waals surface area contributed by atoms with Crippen LogP contribution >= 0.6 is 0 Å². The average molecular weight is 361 g/mol. The molecule has 0 radical (unpaired) electrons. The molecule has 8 nitrogen and oxygen atoms in total. The lowest BCUT2D eigenvalue weighted by Gasteiger charge is -2.33. The maximum atomic E-state index is 11.8. The Morgan fingerprint density at radius 1 is 1.31 bits per heavy atom. The molecule has 1 aromatic rings. The van der Waals surface area contributed by atoms with E-state index in [0.717, 1.165) is 12.7 Å². The van der Waals surface area contributed by atoms with Gasteiger partial charge in [-0.2, -0.15) is 0 Å². The Bertz CT molecular complexity index is 743. The number of rotatable bonds is 6. The van der Waals surface area contributed by atoms with Gasteiger partial charge in [-0.25, -0.2) is 9.59 Å². The molecule has 2 fully saturated rings. The van der Waals surface area contributed by atoms with Crippen molar-refractivity contribution in [2.24, 2.45) is 0 Å². The summed E-state index contributed by atoms with van der Waals surface area (Å²) < 4.78 is 15.1. The number of benzene rings is 1. The van der Waals surface area contributed by atoms with E-state index in [4.69, 9.17) is 9.47 Å². The second kappa shape index (κ2) is 7.47. The number of methoxy groups -OCH3 is 1. The molecule has 2 aliphatic rings. The van der Waals surface area contributed by atoms with Crippen molar-refractivity contribution in [3.63, 3.8) is 0 Å². The third-order valence-corrected chi connectivity index (χ3v) is 4.35. The van der Waals surface area contributed by atoms with Crippen LogP contribution in [0.1, 0.15) is 24.8 Å². The summed E-state index contributed by atoms with van der Waals surface area (Å²) in [6, 6.07) is 9.68. The molecule has 26 heavy (non-hydrogen) atoms. The smallest absolute Gasteiger partial charge is 0.478 e. The Hall–Kier alpha value is -3.03. The first-order chi connectivity index (χ1) is 12.5. The summed E-state index contributed by atoms with van der Waals surface area (Å²) in [5.74, 6) is -1.44. The van der Waals surface area contributed by atoms with Crippen molar-refractivity contribution in [3.8, 4) is 0 Å². The summed E-state index contributed by atoms with van der Waals surface area (Å²) in [4.78, 5) is 36.2. The zero-order chi connectivity index (χ0) is 18.7. The van der Waals surface area contributed by atoms with Gasteiger partial charge in [0.15, 0.2) is 12.0 Å². The number of fused-ring (bicyclic) bond motifs is 1. The van der Waals surface area contributed by atoms with Crippen LogP contribution in [0.4, 0.5) is 4.79 Å². The van der Waals surface area contributed by atoms with Crippen LogP contribution in [-0.4, -0.2) is 47.6 Å². The molecule has 0 saturated carbocycles. The normalized spacial score (nSPS) is 22.8. The van der Waals surface area contributed by atoms with Crippen LogP contribution in [0.2, 0.25) is 0 Å². The van der Waals surface area contributed by atoms with Gasteiger partial charge in [0.1, 0.15) is 0 Å². The highest BCUT2D eigenvalue weighted by molar-refractivity contribution is 5.89. The van der Waals surface area contributed by atoms with Gasteiger partial charge in [-0.1, -0.05) is 30.3 Å². The second-order valence-electron chi connectivity index (χ2n) is 5.99. The van der Waals surface area contributed by atoms with Gasteiger partial charge >= 0.3 is 12.1 Å². The zero-order valence-corrected chi connectivity index (χ0v) is 14.2. The van der Waals surface area contributed by atoms with E-state index in [0.29, 0.717) is 12.8 Å². The van der Waals surface area contributed by atoms with Gasteiger partial charge in [0.25, 0.3) is 0 Å². The highest BCUT2D eigenvalue weighted by Crippen LogP contribution is 2.39. The molecule has 0 aliphatic carbocycles. The van der Waals surface area contributed by atoms with Gasteiger partial charge in [0, 0.05) is 0 Å². The Labute approximate surface area is 149 Å². The van der Waals surface area contributed by atoms with Crippen molar-refractivity contribution in [2.45, 2.75) is 38.1 Å². The molecule has 0 bridgehead atoms. The van der Waals surface area contributed by atoms with Crippen molar-refractivity contribution in [1.29, 1.82) is 0 Å². The van der Waals surface area contributed by atoms with Gasteiger partial charge in [0.05, 0.1) is 19.1 Å². The van der Waals surface area contributed by atoms with E-state index in [-0.39, 0.29) is 30.1 Å². The van der Waals surface area contributed by atoms with Gasteiger partial charge in [0.2, 0.25) is 12.1 Å². The molecule has 1 N–H and O–H groups in total. The molecule has 1 aromatic carbocycles. The molecular weight excluding hydrogens is 342 g/mol. The predicted molar refractivity (Wildman–Crippen MR) is 87.7 cm³/mol. The van der Waals surface area contributed by atoms with Crippen LogP contribution in [-0.2, 0) is 30.2 Å². The fraction of sp³-hybridized carbons (Fsp3) is 0.389. The van der Waals surface area contributed by atoms with Crippen LogP contribution in [0.5, 0.6) is 0 Å². The number of ether oxygens (including phenoxy) is 3. The predicted octanol–water partition coefficient (Wildman–Crippen LogP) is 2.05. The Balaban J connectivity index is 1.78. The Morgan fingerprint density at radius 2 is 2.04 bits per heavy atom. The van der Waals surface area contributed by atoms with E-state index in [1.807, 2.05) is 30.3 Å². The number of carboxylic acid groups (broad SMARTS) is 1. The molecule has 0 spiro atoms. The SMILES string of the molecule is COC(=O)OC1C(=C(CCCc2ccccc2)C(=O)O)O[C@@H]2CC(=O)N12. The van der Waals surface area contributed by atoms with Crippen molar-refractivity contribution in [1.82, 2.24) is 4.90 Å². The molecule has 2 saturated heterocycles. The van der Waals surface area contributed by atoms with E-state index < -0.39 is 24.6 Å². The quantitative estimate of drug-likeness (QED) is 0.470. The number of nitrogens with zero attached hydrogens (tertiary/aromatic N) is 1. The lowest BCUT2D eigenvalue weighted by Crippen LogP contribution is -2.53. The monoisotopic (exact) mass is 361 g/mol. The molecule has 0 aromatic heterocycles. The fourth-order valence-electron chi connectivity index (χ4n) is 3.03. The minimum Gasteiger partial charge on any atom is -0.478 e. The Morgan fingerprint density at radius 3 is 2.65 bits per heavy atom. The second-order valence-corrected chi connectivity index (χ2v) is 5.99. The molecule has 1 unspecified atom stereocenters. The number of carbonyl (C=O) groups excluding carboxylic acids is 2. The first-order valence-electron chi connectivity index (χ1n) is 8.24. The fourth-order valence-corrected chi connectivity index (χ4v) is 3.03. The summed E-state index contributed by atoms with van der Waals surface area (Å²) in [6.07, 6.45) is -1.20. The van der Waals surface area contributed by atoms with Gasteiger partial charge in [-0.3, -0.25) is 9.69 Å². The molecule has 3 rings (SSSR count). The van der Waals surface area contributed by atoms with Crippen LogP contribution in [0.25, 0.3) is 0 Å². The third-order valence-electron chi connectivity index (χ3n) is 4.35. The molecule has 138 valence electrons. The first kappa shape index (κ1) is 17.8. The lowest BCUT2D eigenvalue weighted by molar-refractivity contribution is -0.164. The third kappa shape index (κ3) is 3.49. The lowest BCUT2D eigenvalue weighted by atomic mass is 10.0. The van der Waals surface area contributed by atoms with E-state index in [9.17, 15) is 19.5 Å². The van der Waals surface area contributed by atoms with Gasteiger partial charge < -0.3 is 19.3 Å². The average Bonchev–Trinajstić information content (AvgIpc) is 2.90. The minimum atomic E-state index is -1.20. The largest absolute Gasteiger partial charge is 0.510 e. The van der Waals surface area contributed by atoms with Crippen molar-refractivity contribution >= 4 is 18.0 Å². The molecule has 2 heterocycles. The number of amides is 1. The summed E-state index contributed by atoms with van der Waals surface area (Å²) in [6.45, 7) is 0. The van der Waals surface area contributed by atoms with E-state index in [2.05, 4.69) is 4.74 Å². The molecule has 2 aliphatic heterocycles. The van der Waals surface area contributed by atoms with Crippen molar-refractivity contribution in [2.75, 3.05) is 7.11 Å². The molecular formula is C18H19NO7. The highest BCUT2D eigenvalue weighted by atomic mass is 16.7. The van der Waals surface area contributed by atoms with E-state index in [1.54, 1.807) is 0 Å². The first-order valence-corrected chi connectivity index (χ1v) is 8.24. The maximum absolute atomic E-state index is 11.8. The van der Waals surface area contributed by atoms with Crippen molar-refractivity contribution < 1.29 is 33.7 Å². The standard InChI is InChI=1S/C18H19NO7/c1-24-18(23)26-16-15(25-14-10-13(20)19(14)16)12(17(21)22)9-5-8-11-6-3-2-4-7-11/h2-4,6-7,14,16H,5,8-10H2,1H3,(H,21,22)/t14-,16?/m1/s1. The number of carboxylic acids is 1. The number of aryl methyl sites for hydroxylation is 1. The number of hydrogen-bond acceptors (Lipinski definition) is 6. The van der Waals surface area contributed by atoms with Crippen LogP contribution in [0.15, 0.2) is 41.7 Å². The maximum Gasteiger partial charge on any atom is 0.510 e. The number of β-lactam (4-membered cyclic amide) rings is 1.